The minimum absolute atomic E-state index is 0.124. The van der Waals surface area contributed by atoms with Gasteiger partial charge in [-0.2, -0.15) is 4.98 Å². The summed E-state index contributed by atoms with van der Waals surface area (Å²) in [6, 6.07) is 24.5. The van der Waals surface area contributed by atoms with Crippen molar-refractivity contribution in [3.05, 3.63) is 101 Å². The fraction of sp³-hybridized carbons (Fsp3) is 0.267. The van der Waals surface area contributed by atoms with Crippen molar-refractivity contribution < 1.29 is 28.7 Å². The van der Waals surface area contributed by atoms with E-state index in [2.05, 4.69) is 10.1 Å². The van der Waals surface area contributed by atoms with Gasteiger partial charge in [-0.25, -0.2) is 4.79 Å². The Hall–Kier alpha value is -4.50. The number of carbonyl (C=O) groups is 2. The number of rotatable bonds is 9. The molecule has 0 saturated carbocycles. The number of ether oxygens (including phenoxy) is 2. The fourth-order valence-electron chi connectivity index (χ4n) is 4.62. The number of aliphatic carboxylic acids is 1. The van der Waals surface area contributed by atoms with E-state index >= 15 is 0 Å². The van der Waals surface area contributed by atoms with Crippen molar-refractivity contribution in [2.24, 2.45) is 11.8 Å². The summed E-state index contributed by atoms with van der Waals surface area (Å²) in [5.74, 6) is -0.423. The largest absolute Gasteiger partial charge is 0.481 e. The Labute approximate surface area is 226 Å². The van der Waals surface area contributed by atoms with Crippen LogP contribution < -0.4 is 4.74 Å². The maximum atomic E-state index is 12.6. The highest BCUT2D eigenvalue weighted by molar-refractivity contribution is 5.75. The van der Waals surface area contributed by atoms with Crippen LogP contribution in [0.4, 0.5) is 4.79 Å². The summed E-state index contributed by atoms with van der Waals surface area (Å²) < 4.78 is 16.5. The third-order valence-corrected chi connectivity index (χ3v) is 6.75. The fourth-order valence-corrected chi connectivity index (χ4v) is 4.62. The van der Waals surface area contributed by atoms with E-state index in [1.54, 1.807) is 24.3 Å². The molecule has 5 rings (SSSR count). The van der Waals surface area contributed by atoms with E-state index < -0.39 is 18.0 Å². The lowest BCUT2D eigenvalue weighted by atomic mass is 9.89. The van der Waals surface area contributed by atoms with E-state index in [1.807, 2.05) is 61.5 Å². The molecule has 1 aliphatic rings. The number of carbonyl (C=O) groups excluding carboxylic acids is 1. The van der Waals surface area contributed by atoms with Crippen molar-refractivity contribution >= 4 is 12.1 Å². The number of carboxylic acid groups (broad SMARTS) is 1. The van der Waals surface area contributed by atoms with Gasteiger partial charge in [-0.15, -0.1) is 0 Å². The molecule has 2 heterocycles. The van der Waals surface area contributed by atoms with Gasteiger partial charge in [0.15, 0.2) is 5.82 Å². The maximum absolute atomic E-state index is 12.6. The number of amides is 1. The van der Waals surface area contributed by atoms with Crippen LogP contribution in [0, 0.1) is 18.8 Å². The average Bonchev–Trinajstić information content (AvgIpc) is 3.59. The molecule has 1 N–H and O–H groups in total. The van der Waals surface area contributed by atoms with Gasteiger partial charge in [-0.3, -0.25) is 4.79 Å². The molecule has 1 saturated heterocycles. The predicted octanol–water partition coefficient (Wildman–Crippen LogP) is 5.14. The predicted molar refractivity (Wildman–Crippen MR) is 142 cm³/mol. The van der Waals surface area contributed by atoms with Gasteiger partial charge < -0.3 is 24.0 Å². The highest BCUT2D eigenvalue weighted by atomic mass is 16.6. The van der Waals surface area contributed by atoms with Gasteiger partial charge in [0.1, 0.15) is 12.4 Å². The molecule has 39 heavy (non-hydrogen) atoms. The maximum Gasteiger partial charge on any atom is 0.415 e. The summed E-state index contributed by atoms with van der Waals surface area (Å²) in [7, 11) is 0. The molecule has 2 atom stereocenters. The number of carboxylic acids is 1. The molecule has 0 radical (unpaired) electrons. The summed E-state index contributed by atoms with van der Waals surface area (Å²) in [6.45, 7) is 3.05. The lowest BCUT2D eigenvalue weighted by Crippen LogP contribution is -2.32. The molecule has 0 bridgehead atoms. The number of aromatic nitrogens is 2. The van der Waals surface area contributed by atoms with E-state index in [0.29, 0.717) is 37.0 Å². The van der Waals surface area contributed by atoms with Crippen LogP contribution in [0.2, 0.25) is 0 Å². The zero-order valence-electron chi connectivity index (χ0n) is 21.5. The Morgan fingerprint density at radius 1 is 0.949 bits per heavy atom. The molecule has 200 valence electrons. The number of benzene rings is 3. The van der Waals surface area contributed by atoms with Crippen LogP contribution in [-0.2, 0) is 29.2 Å². The van der Waals surface area contributed by atoms with Crippen molar-refractivity contribution in [2.75, 3.05) is 13.1 Å². The van der Waals surface area contributed by atoms with E-state index in [1.165, 1.54) is 4.90 Å². The van der Waals surface area contributed by atoms with Crippen molar-refractivity contribution in [3.63, 3.8) is 0 Å². The highest BCUT2D eigenvalue weighted by Gasteiger charge is 2.40. The number of hydrogen-bond acceptors (Lipinski definition) is 7. The Morgan fingerprint density at radius 2 is 1.67 bits per heavy atom. The Balaban J connectivity index is 1.12. The number of likely N-dealkylation sites (tertiary alicyclic amines) is 1. The van der Waals surface area contributed by atoms with Gasteiger partial charge in [0.05, 0.1) is 12.5 Å². The van der Waals surface area contributed by atoms with E-state index in [-0.39, 0.29) is 19.1 Å². The molecule has 0 aliphatic carbocycles. The summed E-state index contributed by atoms with van der Waals surface area (Å²) in [4.78, 5) is 30.4. The third-order valence-electron chi connectivity index (χ3n) is 6.75. The average molecular weight is 528 g/mol. The van der Waals surface area contributed by atoms with Gasteiger partial charge in [0.2, 0.25) is 0 Å². The van der Waals surface area contributed by atoms with Gasteiger partial charge in [-0.05, 0) is 54.7 Å². The molecular weight excluding hydrogens is 498 g/mol. The zero-order valence-corrected chi connectivity index (χ0v) is 21.5. The van der Waals surface area contributed by atoms with Crippen LogP contribution in [-0.4, -0.2) is 45.3 Å². The molecule has 1 fully saturated rings. The van der Waals surface area contributed by atoms with Gasteiger partial charge >= 0.3 is 12.1 Å². The standard InChI is InChI=1S/C30H29N3O6/c1-20-7-13-23(14-8-20)28-31-27(32-39-28)19-37-18-22-11-9-21(10-12-22)15-24-16-33(17-26(24)29(34)35)30(36)38-25-5-3-2-4-6-25/h2-14,24,26H,15-19H2,1H3,(H,34,35)/t24-,26+/m1/s1. The topological polar surface area (TPSA) is 115 Å². The van der Waals surface area contributed by atoms with Crippen LogP contribution in [0.15, 0.2) is 83.4 Å². The van der Waals surface area contributed by atoms with E-state index in [4.69, 9.17) is 14.0 Å². The van der Waals surface area contributed by atoms with Crippen LogP contribution in [0.5, 0.6) is 5.75 Å². The first-order chi connectivity index (χ1) is 18.9. The lowest BCUT2D eigenvalue weighted by molar-refractivity contribution is -0.142. The molecule has 9 heteroatoms. The third kappa shape index (κ3) is 6.69. The first-order valence-corrected chi connectivity index (χ1v) is 12.7. The van der Waals surface area contributed by atoms with E-state index in [9.17, 15) is 14.7 Å². The second kappa shape index (κ2) is 11.9. The molecule has 9 nitrogen and oxygen atoms in total. The van der Waals surface area contributed by atoms with Crippen LogP contribution in [0.3, 0.4) is 0 Å². The van der Waals surface area contributed by atoms with Crippen LogP contribution in [0.1, 0.15) is 22.5 Å². The lowest BCUT2D eigenvalue weighted by Gasteiger charge is -2.16. The minimum Gasteiger partial charge on any atom is -0.481 e. The zero-order chi connectivity index (χ0) is 27.2. The van der Waals surface area contributed by atoms with Crippen molar-refractivity contribution in [3.8, 4) is 17.2 Å². The van der Waals surface area contributed by atoms with Crippen molar-refractivity contribution in [1.29, 1.82) is 0 Å². The molecule has 0 unspecified atom stereocenters. The molecule has 1 aliphatic heterocycles. The quantitative estimate of drug-likeness (QED) is 0.318. The van der Waals surface area contributed by atoms with E-state index in [0.717, 1.165) is 22.3 Å². The minimum atomic E-state index is -0.910. The Kier molecular flexibility index (Phi) is 7.98. The molecule has 3 aromatic carbocycles. The summed E-state index contributed by atoms with van der Waals surface area (Å²) >= 11 is 0. The number of hydrogen-bond donors (Lipinski definition) is 1. The van der Waals surface area contributed by atoms with Crippen molar-refractivity contribution in [1.82, 2.24) is 15.0 Å². The SMILES string of the molecule is Cc1ccc(-c2nc(COCc3ccc(C[C@@H]4CN(C(=O)Oc5ccccc5)C[C@@H]4C(=O)O)cc3)no2)cc1. The van der Waals surface area contributed by atoms with Gasteiger partial charge in [0, 0.05) is 18.7 Å². The van der Waals surface area contributed by atoms with Crippen LogP contribution >= 0.6 is 0 Å². The Bertz CT molecular complexity index is 1400. The smallest absolute Gasteiger partial charge is 0.415 e. The molecule has 1 amide bonds. The first kappa shape index (κ1) is 26.1. The first-order valence-electron chi connectivity index (χ1n) is 12.7. The summed E-state index contributed by atoms with van der Waals surface area (Å²) in [5.41, 5.74) is 3.98. The van der Waals surface area contributed by atoms with Gasteiger partial charge in [-0.1, -0.05) is 65.3 Å². The number of nitrogens with zero attached hydrogens (tertiary/aromatic N) is 3. The summed E-state index contributed by atoms with van der Waals surface area (Å²) in [5, 5.41) is 13.7. The normalized spacial score (nSPS) is 16.8. The molecule has 4 aromatic rings. The molecule has 0 spiro atoms. The summed E-state index contributed by atoms with van der Waals surface area (Å²) in [6.07, 6.45) is 0.00718. The van der Waals surface area contributed by atoms with Crippen LogP contribution in [0.25, 0.3) is 11.5 Å². The molecular formula is C30H29N3O6. The monoisotopic (exact) mass is 527 g/mol. The second-order valence-electron chi connectivity index (χ2n) is 9.69. The molecule has 1 aromatic heterocycles. The van der Waals surface area contributed by atoms with Gasteiger partial charge in [0.25, 0.3) is 5.89 Å². The second-order valence-corrected chi connectivity index (χ2v) is 9.69. The highest BCUT2D eigenvalue weighted by Crippen LogP contribution is 2.28. The Morgan fingerprint density at radius 3 is 2.38 bits per heavy atom. The number of para-hydroxylation sites is 1. The number of aryl methyl sites for hydroxylation is 1. The van der Waals surface area contributed by atoms with Crippen molar-refractivity contribution in [2.45, 2.75) is 26.6 Å².